The van der Waals surface area contributed by atoms with Gasteiger partial charge in [0.05, 0.1) is 23.7 Å². The number of pyridine rings is 1. The Hall–Kier alpha value is -1.13. The van der Waals surface area contributed by atoms with Gasteiger partial charge < -0.3 is 10.0 Å². The fourth-order valence-corrected chi connectivity index (χ4v) is 3.39. The summed E-state index contributed by atoms with van der Waals surface area (Å²) in [7, 11) is 0. The fourth-order valence-electron chi connectivity index (χ4n) is 3.39. The van der Waals surface area contributed by atoms with Crippen LogP contribution in [0.3, 0.4) is 0 Å². The van der Waals surface area contributed by atoms with Crippen LogP contribution in [-0.2, 0) is 0 Å². The lowest BCUT2D eigenvalue weighted by Crippen LogP contribution is -2.40. The second-order valence-corrected chi connectivity index (χ2v) is 6.10. The second-order valence-electron chi connectivity index (χ2n) is 6.10. The minimum absolute atomic E-state index is 0.483. The number of rotatable bonds is 3. The first-order chi connectivity index (χ1) is 9.74. The summed E-state index contributed by atoms with van der Waals surface area (Å²) in [6.45, 7) is 6.55. The number of anilines is 1. The van der Waals surface area contributed by atoms with Crippen molar-refractivity contribution in [3.63, 3.8) is 0 Å². The summed E-state index contributed by atoms with van der Waals surface area (Å²) in [5.41, 5.74) is 1.94. The molecule has 2 aliphatic rings. The van der Waals surface area contributed by atoms with Gasteiger partial charge in [-0.3, -0.25) is 9.88 Å². The quantitative estimate of drug-likeness (QED) is 0.918. The molecule has 3 heterocycles. The van der Waals surface area contributed by atoms with E-state index in [2.05, 4.69) is 20.9 Å². The number of hydrogen-bond donors (Lipinski definition) is 1. The molecule has 4 nitrogen and oxygen atoms in total. The number of hydrogen-bond acceptors (Lipinski definition) is 4. The van der Waals surface area contributed by atoms with Crippen molar-refractivity contribution in [1.82, 2.24) is 9.88 Å². The third-order valence-corrected chi connectivity index (χ3v) is 4.63. The van der Waals surface area contributed by atoms with Crippen LogP contribution in [0.15, 0.2) is 18.3 Å². The maximum Gasteiger partial charge on any atom is 0.0931 e. The third kappa shape index (κ3) is 2.96. The van der Waals surface area contributed by atoms with Gasteiger partial charge in [-0.15, -0.1) is 0 Å². The molecule has 4 heteroatoms. The van der Waals surface area contributed by atoms with E-state index in [1.807, 2.05) is 12.3 Å². The van der Waals surface area contributed by atoms with Crippen LogP contribution in [-0.4, -0.2) is 47.2 Å². The molecule has 110 valence electrons. The van der Waals surface area contributed by atoms with Crippen LogP contribution in [0.25, 0.3) is 0 Å². The van der Waals surface area contributed by atoms with Crippen molar-refractivity contribution in [3.8, 4) is 0 Å². The molecule has 3 rings (SSSR count). The summed E-state index contributed by atoms with van der Waals surface area (Å²) >= 11 is 0. The Kier molecular flexibility index (Phi) is 4.22. The summed E-state index contributed by atoms with van der Waals surface area (Å²) in [4.78, 5) is 9.45. The smallest absolute Gasteiger partial charge is 0.0931 e. The van der Waals surface area contributed by atoms with Gasteiger partial charge in [-0.1, -0.05) is 6.42 Å². The Morgan fingerprint density at radius 1 is 1.20 bits per heavy atom. The van der Waals surface area contributed by atoms with E-state index >= 15 is 0 Å². The zero-order valence-corrected chi connectivity index (χ0v) is 12.3. The van der Waals surface area contributed by atoms with Crippen LogP contribution >= 0.6 is 0 Å². The van der Waals surface area contributed by atoms with Gasteiger partial charge in [-0.05, 0) is 51.4 Å². The van der Waals surface area contributed by atoms with E-state index in [1.54, 1.807) is 6.92 Å². The van der Waals surface area contributed by atoms with Crippen LogP contribution in [0, 0.1) is 0 Å². The topological polar surface area (TPSA) is 39.6 Å². The molecule has 1 aromatic heterocycles. The van der Waals surface area contributed by atoms with E-state index in [9.17, 15) is 5.11 Å². The Morgan fingerprint density at radius 3 is 2.65 bits per heavy atom. The molecule has 0 amide bonds. The molecule has 1 N–H and O–H groups in total. The first-order valence-electron chi connectivity index (χ1n) is 7.87. The Labute approximate surface area is 121 Å². The molecule has 0 aromatic carbocycles. The van der Waals surface area contributed by atoms with Gasteiger partial charge in [-0.25, -0.2) is 0 Å². The van der Waals surface area contributed by atoms with Crippen molar-refractivity contribution >= 4 is 5.69 Å². The van der Waals surface area contributed by atoms with E-state index < -0.39 is 6.10 Å². The second kappa shape index (κ2) is 6.10. The summed E-state index contributed by atoms with van der Waals surface area (Å²) in [6, 6.07) is 4.74. The molecule has 1 aromatic rings. The van der Waals surface area contributed by atoms with Gasteiger partial charge in [0.25, 0.3) is 0 Å². The first kappa shape index (κ1) is 13.8. The number of likely N-dealkylation sites (tertiary alicyclic amines) is 1. The van der Waals surface area contributed by atoms with Gasteiger partial charge in [0.1, 0.15) is 0 Å². The van der Waals surface area contributed by atoms with Crippen molar-refractivity contribution in [2.24, 2.45) is 0 Å². The van der Waals surface area contributed by atoms with Crippen LogP contribution in [0.4, 0.5) is 5.69 Å². The number of piperidine rings is 1. The highest BCUT2D eigenvalue weighted by Crippen LogP contribution is 2.25. The van der Waals surface area contributed by atoms with Crippen molar-refractivity contribution in [2.45, 2.75) is 44.8 Å². The van der Waals surface area contributed by atoms with E-state index in [0.29, 0.717) is 6.04 Å². The normalized spacial score (nSPS) is 25.9. The van der Waals surface area contributed by atoms with Crippen molar-refractivity contribution in [1.29, 1.82) is 0 Å². The van der Waals surface area contributed by atoms with Gasteiger partial charge >= 0.3 is 0 Å². The maximum atomic E-state index is 9.51. The SMILES string of the molecule is C[C@@H](O)c1ccc(N2CCC(N3CCCCC3)C2)cn1. The molecular formula is C16H25N3O. The van der Waals surface area contributed by atoms with Crippen molar-refractivity contribution < 1.29 is 5.11 Å². The summed E-state index contributed by atoms with van der Waals surface area (Å²) in [6.07, 6.45) is 6.81. The molecule has 0 spiro atoms. The van der Waals surface area contributed by atoms with Crippen LogP contribution in [0.1, 0.15) is 44.4 Å². The van der Waals surface area contributed by atoms with E-state index in [4.69, 9.17) is 0 Å². The fraction of sp³-hybridized carbons (Fsp3) is 0.688. The van der Waals surface area contributed by atoms with Crippen LogP contribution in [0.5, 0.6) is 0 Å². The molecule has 0 radical (unpaired) electrons. The van der Waals surface area contributed by atoms with Crippen molar-refractivity contribution in [2.75, 3.05) is 31.1 Å². The molecule has 2 atom stereocenters. The number of aliphatic hydroxyl groups excluding tert-OH is 1. The lowest BCUT2D eigenvalue weighted by atomic mass is 10.1. The molecule has 0 aliphatic carbocycles. The maximum absolute atomic E-state index is 9.51. The monoisotopic (exact) mass is 275 g/mol. The number of aliphatic hydroxyl groups is 1. The Morgan fingerprint density at radius 2 is 2.00 bits per heavy atom. The van der Waals surface area contributed by atoms with Gasteiger partial charge in [0, 0.05) is 19.1 Å². The highest BCUT2D eigenvalue weighted by molar-refractivity contribution is 5.46. The lowest BCUT2D eigenvalue weighted by molar-refractivity contribution is 0.175. The van der Waals surface area contributed by atoms with Gasteiger partial charge in [-0.2, -0.15) is 0 Å². The van der Waals surface area contributed by atoms with E-state index in [1.165, 1.54) is 44.5 Å². The molecular weight excluding hydrogens is 250 g/mol. The third-order valence-electron chi connectivity index (χ3n) is 4.63. The van der Waals surface area contributed by atoms with E-state index in [0.717, 1.165) is 18.8 Å². The minimum atomic E-state index is -0.483. The summed E-state index contributed by atoms with van der Waals surface area (Å²) in [5, 5.41) is 9.51. The summed E-state index contributed by atoms with van der Waals surface area (Å²) in [5.74, 6) is 0. The highest BCUT2D eigenvalue weighted by Gasteiger charge is 2.28. The zero-order chi connectivity index (χ0) is 13.9. The van der Waals surface area contributed by atoms with Crippen LogP contribution < -0.4 is 4.90 Å². The standard InChI is InChI=1S/C16H25N3O/c1-13(20)16-6-5-14(11-17-16)19-10-7-15(12-19)18-8-3-2-4-9-18/h5-6,11,13,15,20H,2-4,7-10,12H2,1H3/t13-,15?/m1/s1. The average Bonchev–Trinajstić information content (AvgIpc) is 2.98. The molecule has 0 bridgehead atoms. The van der Waals surface area contributed by atoms with Crippen LogP contribution in [0.2, 0.25) is 0 Å². The van der Waals surface area contributed by atoms with Crippen molar-refractivity contribution in [3.05, 3.63) is 24.0 Å². The number of aromatic nitrogens is 1. The molecule has 20 heavy (non-hydrogen) atoms. The highest BCUT2D eigenvalue weighted by atomic mass is 16.3. The number of nitrogens with zero attached hydrogens (tertiary/aromatic N) is 3. The van der Waals surface area contributed by atoms with Gasteiger partial charge in [0.2, 0.25) is 0 Å². The van der Waals surface area contributed by atoms with E-state index in [-0.39, 0.29) is 0 Å². The molecule has 2 aliphatic heterocycles. The lowest BCUT2D eigenvalue weighted by Gasteiger charge is -2.32. The summed E-state index contributed by atoms with van der Waals surface area (Å²) < 4.78 is 0. The largest absolute Gasteiger partial charge is 0.387 e. The molecule has 2 saturated heterocycles. The first-order valence-corrected chi connectivity index (χ1v) is 7.87. The average molecular weight is 275 g/mol. The molecule has 1 unspecified atom stereocenters. The predicted octanol–water partition coefficient (Wildman–Crippen LogP) is 2.20. The van der Waals surface area contributed by atoms with Gasteiger partial charge in [0.15, 0.2) is 0 Å². The zero-order valence-electron chi connectivity index (χ0n) is 12.3. The predicted molar refractivity (Wildman–Crippen MR) is 80.9 cm³/mol. The molecule has 2 fully saturated rings. The minimum Gasteiger partial charge on any atom is -0.387 e. The Balaban J connectivity index is 1.61. The Bertz CT molecular complexity index is 426. The molecule has 0 saturated carbocycles.